The molecule has 12 nitrogen and oxygen atoms in total. The van der Waals surface area contributed by atoms with Crippen LogP contribution < -0.4 is 20.2 Å². The molecule has 5 rings (SSSR count). The number of pyridine rings is 1. The summed E-state index contributed by atoms with van der Waals surface area (Å²) in [5.74, 6) is 0.331. The number of aromatic nitrogens is 1. The Morgan fingerprint density at radius 1 is 1.14 bits per heavy atom. The Bertz CT molecular complexity index is 1780. The number of nitrogens with one attached hydrogen (secondary N) is 2. The number of sulfonamides is 2. The predicted molar refractivity (Wildman–Crippen MR) is 166 cm³/mol. The number of aliphatic hydroxyl groups excluding tert-OH is 1. The van der Waals surface area contributed by atoms with Gasteiger partial charge in [-0.3, -0.25) is 4.79 Å². The van der Waals surface area contributed by atoms with Gasteiger partial charge in [-0.25, -0.2) is 21.6 Å². The van der Waals surface area contributed by atoms with Crippen LogP contribution in [-0.2, 0) is 31.3 Å². The fraction of sp³-hybridized carbons (Fsp3) is 0.500. The van der Waals surface area contributed by atoms with Crippen molar-refractivity contribution in [2.75, 3.05) is 39.9 Å². The van der Waals surface area contributed by atoms with Crippen molar-refractivity contribution >= 4 is 30.9 Å². The molecule has 240 valence electrons. The zero-order valence-corrected chi connectivity index (χ0v) is 26.8. The van der Waals surface area contributed by atoms with E-state index in [-0.39, 0.29) is 42.1 Å². The predicted octanol–water partition coefficient (Wildman–Crippen LogP) is 1.58. The molecule has 0 amide bonds. The average molecular weight is 649 g/mol. The first-order chi connectivity index (χ1) is 20.9. The van der Waals surface area contributed by atoms with Gasteiger partial charge in [-0.1, -0.05) is 12.1 Å². The lowest BCUT2D eigenvalue weighted by atomic mass is 9.88. The van der Waals surface area contributed by atoms with Crippen molar-refractivity contribution in [3.63, 3.8) is 0 Å². The number of nitrogens with zero attached hydrogens (tertiary/aromatic N) is 2. The highest BCUT2D eigenvalue weighted by atomic mass is 32.2. The minimum atomic E-state index is -4.00. The molecule has 14 heteroatoms. The molecular formula is C30H40N4O8S2. The molecular weight excluding hydrogens is 608 g/mol. The molecule has 44 heavy (non-hydrogen) atoms. The maximum Gasteiger partial charge on any atom is 0.248 e. The van der Waals surface area contributed by atoms with Gasteiger partial charge in [-0.15, -0.1) is 0 Å². The molecule has 2 atom stereocenters. The third-order valence-electron chi connectivity index (χ3n) is 8.47. The van der Waals surface area contributed by atoms with Crippen molar-refractivity contribution in [1.29, 1.82) is 0 Å². The molecule has 0 aliphatic carbocycles. The Kier molecular flexibility index (Phi) is 9.52. The van der Waals surface area contributed by atoms with E-state index in [1.165, 1.54) is 29.7 Å². The van der Waals surface area contributed by atoms with E-state index < -0.39 is 37.2 Å². The second kappa shape index (κ2) is 12.9. The summed E-state index contributed by atoms with van der Waals surface area (Å²) in [6, 6.07) is 11.4. The van der Waals surface area contributed by atoms with Crippen LogP contribution in [-0.4, -0.2) is 88.5 Å². The van der Waals surface area contributed by atoms with Crippen molar-refractivity contribution in [3.8, 4) is 5.75 Å². The lowest BCUT2D eigenvalue weighted by molar-refractivity contribution is -0.0312. The second-order valence-electron chi connectivity index (χ2n) is 11.5. The molecule has 1 aromatic heterocycles. The number of rotatable bonds is 11. The van der Waals surface area contributed by atoms with E-state index >= 15 is 0 Å². The Balaban J connectivity index is 1.15. The van der Waals surface area contributed by atoms with Gasteiger partial charge in [0.05, 0.1) is 22.6 Å². The van der Waals surface area contributed by atoms with Gasteiger partial charge in [-0.05, 0) is 70.0 Å². The number of fused-ring (bicyclic) bond motifs is 1. The van der Waals surface area contributed by atoms with Crippen molar-refractivity contribution in [2.24, 2.45) is 0 Å². The number of aliphatic hydroxyl groups is 1. The summed E-state index contributed by atoms with van der Waals surface area (Å²) < 4.78 is 68.6. The van der Waals surface area contributed by atoms with Crippen LogP contribution in [0.3, 0.4) is 0 Å². The van der Waals surface area contributed by atoms with Crippen molar-refractivity contribution < 1.29 is 31.4 Å². The topological polar surface area (TPSA) is 156 Å². The van der Waals surface area contributed by atoms with Crippen LogP contribution in [0.2, 0.25) is 0 Å². The monoisotopic (exact) mass is 648 g/mol. The molecule has 2 aliphatic rings. The number of aryl methyl sites for hydroxylation is 2. The molecule has 1 spiro atoms. The Morgan fingerprint density at radius 3 is 2.59 bits per heavy atom. The SMILES string of the molecule is CCn1cc(S(=O)(=O)N2CCC3(CC2)C[C@@H](NCC(O)COc2cccc(S(=O)(=O)NC)c2)CO3)c(=O)c2ccc(C)cc21. The van der Waals surface area contributed by atoms with Gasteiger partial charge in [0, 0.05) is 49.9 Å². The van der Waals surface area contributed by atoms with Crippen molar-refractivity contribution in [3.05, 3.63) is 64.4 Å². The van der Waals surface area contributed by atoms with E-state index in [4.69, 9.17) is 9.47 Å². The lowest BCUT2D eigenvalue weighted by Gasteiger charge is -2.38. The third-order valence-corrected chi connectivity index (χ3v) is 11.8. The van der Waals surface area contributed by atoms with E-state index in [1.54, 1.807) is 18.2 Å². The molecule has 3 aromatic rings. The summed E-state index contributed by atoms with van der Waals surface area (Å²) >= 11 is 0. The van der Waals surface area contributed by atoms with Crippen LogP contribution in [0.1, 0.15) is 31.7 Å². The molecule has 0 saturated carbocycles. The quantitative estimate of drug-likeness (QED) is 0.281. The number of hydrogen-bond acceptors (Lipinski definition) is 9. The zero-order valence-electron chi connectivity index (χ0n) is 25.2. The largest absolute Gasteiger partial charge is 0.491 e. The van der Waals surface area contributed by atoms with E-state index in [2.05, 4.69) is 10.0 Å². The number of ether oxygens (including phenoxy) is 2. The smallest absolute Gasteiger partial charge is 0.248 e. The molecule has 2 aromatic carbocycles. The highest BCUT2D eigenvalue weighted by Gasteiger charge is 2.45. The Labute approximate surface area is 258 Å². The lowest BCUT2D eigenvalue weighted by Crippen LogP contribution is -2.47. The summed E-state index contributed by atoms with van der Waals surface area (Å²) in [5, 5.41) is 14.2. The molecule has 3 N–H and O–H groups in total. The minimum Gasteiger partial charge on any atom is -0.491 e. The molecule has 0 radical (unpaired) electrons. The minimum absolute atomic E-state index is 0.0300. The van der Waals surface area contributed by atoms with Crippen LogP contribution >= 0.6 is 0 Å². The number of hydrogen-bond donors (Lipinski definition) is 3. The standard InChI is InChI=1S/C30H40N4O8S2/c1-4-33-18-28(29(36)26-9-8-21(2)14-27(26)33)44(39,40)34-12-10-30(11-13-34)16-22(19-42-30)32-17-23(35)20-41-24-6-5-7-25(15-24)43(37,38)31-3/h5-9,14-15,18,22-23,31-32,35H,4,10-13,16-17,19-20H2,1-3H3/t22-,23?/m1/s1. The van der Waals surface area contributed by atoms with Crippen molar-refractivity contribution in [2.45, 2.75) is 67.2 Å². The van der Waals surface area contributed by atoms with E-state index in [1.807, 2.05) is 30.5 Å². The third kappa shape index (κ3) is 6.71. The van der Waals surface area contributed by atoms with Gasteiger partial charge in [0.15, 0.2) is 0 Å². The maximum atomic E-state index is 13.7. The normalized spacial score (nSPS) is 19.9. The van der Waals surface area contributed by atoms with E-state index in [9.17, 15) is 26.7 Å². The molecule has 2 fully saturated rings. The van der Waals surface area contributed by atoms with Crippen LogP contribution in [0.25, 0.3) is 10.9 Å². The summed E-state index contributed by atoms with van der Waals surface area (Å²) in [5.41, 5.74) is 0.755. The first-order valence-electron chi connectivity index (χ1n) is 14.7. The maximum absolute atomic E-state index is 13.7. The van der Waals surface area contributed by atoms with Crippen LogP contribution in [0, 0.1) is 6.92 Å². The number of benzene rings is 2. The highest BCUT2D eigenvalue weighted by molar-refractivity contribution is 7.89. The van der Waals surface area contributed by atoms with Crippen molar-refractivity contribution in [1.82, 2.24) is 18.9 Å². The first kappa shape index (κ1) is 32.5. The Morgan fingerprint density at radius 2 is 1.89 bits per heavy atom. The average Bonchev–Trinajstić information content (AvgIpc) is 3.41. The van der Waals surface area contributed by atoms with E-state index in [0.29, 0.717) is 43.5 Å². The van der Waals surface area contributed by atoms with Gasteiger partial charge in [-0.2, -0.15) is 4.31 Å². The molecule has 2 saturated heterocycles. The van der Waals surface area contributed by atoms with Crippen LogP contribution in [0.15, 0.2) is 63.2 Å². The summed E-state index contributed by atoms with van der Waals surface area (Å²) in [7, 11) is -6.28. The zero-order chi connectivity index (χ0) is 31.7. The van der Waals surface area contributed by atoms with Gasteiger partial charge < -0.3 is 24.5 Å². The summed E-state index contributed by atoms with van der Waals surface area (Å²) in [6.07, 6.45) is 2.27. The summed E-state index contributed by atoms with van der Waals surface area (Å²) in [6.45, 7) is 5.50. The van der Waals surface area contributed by atoms with Gasteiger partial charge in [0.2, 0.25) is 25.5 Å². The van der Waals surface area contributed by atoms with Crippen LogP contribution in [0.4, 0.5) is 0 Å². The highest BCUT2D eigenvalue weighted by Crippen LogP contribution is 2.37. The summed E-state index contributed by atoms with van der Waals surface area (Å²) in [4.78, 5) is 13.2. The first-order valence-corrected chi connectivity index (χ1v) is 17.7. The fourth-order valence-electron chi connectivity index (χ4n) is 5.92. The molecule has 2 aliphatic heterocycles. The molecule has 3 heterocycles. The van der Waals surface area contributed by atoms with Gasteiger partial charge in [0.25, 0.3) is 0 Å². The van der Waals surface area contributed by atoms with E-state index in [0.717, 1.165) is 11.1 Å². The number of piperidine rings is 1. The van der Waals surface area contributed by atoms with Gasteiger partial charge in [0.1, 0.15) is 23.4 Å². The second-order valence-corrected chi connectivity index (χ2v) is 15.3. The Hall–Kier alpha value is -2.85. The molecule has 1 unspecified atom stereocenters. The fourth-order valence-corrected chi connectivity index (χ4v) is 8.23. The van der Waals surface area contributed by atoms with Crippen LogP contribution in [0.5, 0.6) is 5.75 Å². The molecule has 0 bridgehead atoms. The van der Waals surface area contributed by atoms with Gasteiger partial charge >= 0.3 is 0 Å².